The summed E-state index contributed by atoms with van der Waals surface area (Å²) in [7, 11) is -3.81. The molecule has 0 N–H and O–H groups in total. The molecule has 5 nitrogen and oxygen atoms in total. The number of rotatable bonds is 4. The van der Waals surface area contributed by atoms with Crippen molar-refractivity contribution in [2.75, 3.05) is 13.1 Å². The number of hydrogen-bond donors (Lipinski definition) is 0. The first-order chi connectivity index (χ1) is 14.8. The first-order valence-electron chi connectivity index (χ1n) is 9.61. The molecule has 3 aromatic carbocycles. The van der Waals surface area contributed by atoms with Crippen molar-refractivity contribution in [3.63, 3.8) is 0 Å². The second kappa shape index (κ2) is 8.96. The average molecular weight is 499 g/mol. The molecule has 0 saturated carbocycles. The number of benzene rings is 3. The summed E-state index contributed by atoms with van der Waals surface area (Å²) in [5.74, 6) is -0.355. The molecule has 1 aliphatic rings. The molecular formula is C22H18Cl3NO4S. The Hall–Kier alpha value is -1.83. The van der Waals surface area contributed by atoms with Gasteiger partial charge < -0.3 is 4.74 Å². The van der Waals surface area contributed by atoms with Crippen LogP contribution in [0.5, 0.6) is 5.75 Å². The van der Waals surface area contributed by atoms with E-state index in [0.29, 0.717) is 23.6 Å². The Balaban J connectivity index is 1.46. The fraction of sp³-hybridized carbons (Fsp3) is 0.227. The fourth-order valence-electron chi connectivity index (χ4n) is 3.66. The van der Waals surface area contributed by atoms with E-state index >= 15 is 0 Å². The lowest BCUT2D eigenvalue weighted by Gasteiger charge is -2.30. The van der Waals surface area contributed by atoms with Gasteiger partial charge in [-0.05, 0) is 43.2 Å². The van der Waals surface area contributed by atoms with Crippen LogP contribution < -0.4 is 4.74 Å². The summed E-state index contributed by atoms with van der Waals surface area (Å²) in [4.78, 5) is 12.7. The minimum Gasteiger partial charge on any atom is -0.426 e. The molecule has 0 aliphatic carbocycles. The SMILES string of the molecule is O=C(Oc1ccc(Cl)c2ccccc12)C1CCN(S(=O)(=O)c2cc(Cl)ccc2Cl)CC1. The van der Waals surface area contributed by atoms with Gasteiger partial charge in [-0.2, -0.15) is 4.31 Å². The number of hydrogen-bond acceptors (Lipinski definition) is 4. The molecule has 1 aliphatic heterocycles. The van der Waals surface area contributed by atoms with Crippen LogP contribution in [0.2, 0.25) is 15.1 Å². The molecule has 0 aromatic heterocycles. The maximum Gasteiger partial charge on any atom is 0.314 e. The van der Waals surface area contributed by atoms with E-state index in [1.165, 1.54) is 22.5 Å². The quantitative estimate of drug-likeness (QED) is 0.336. The maximum absolute atomic E-state index is 13.0. The number of nitrogens with zero attached hydrogens (tertiary/aromatic N) is 1. The molecule has 1 heterocycles. The van der Waals surface area contributed by atoms with Crippen LogP contribution in [0.15, 0.2) is 59.5 Å². The van der Waals surface area contributed by atoms with Gasteiger partial charge in [0.15, 0.2) is 0 Å². The van der Waals surface area contributed by atoms with E-state index in [0.717, 1.165) is 10.8 Å². The number of esters is 1. The Morgan fingerprint density at radius 2 is 1.55 bits per heavy atom. The Bertz CT molecular complexity index is 1250. The van der Waals surface area contributed by atoms with Crippen molar-refractivity contribution in [2.45, 2.75) is 17.7 Å². The van der Waals surface area contributed by atoms with Crippen LogP contribution in [0.3, 0.4) is 0 Å². The topological polar surface area (TPSA) is 63.7 Å². The summed E-state index contributed by atoms with van der Waals surface area (Å²) in [6, 6.07) is 15.1. The molecule has 162 valence electrons. The van der Waals surface area contributed by atoms with Gasteiger partial charge in [-0.25, -0.2) is 8.42 Å². The van der Waals surface area contributed by atoms with E-state index < -0.39 is 15.9 Å². The smallest absolute Gasteiger partial charge is 0.314 e. The van der Waals surface area contributed by atoms with Gasteiger partial charge in [-0.15, -0.1) is 0 Å². The first kappa shape index (κ1) is 22.4. The molecule has 9 heteroatoms. The number of ether oxygens (including phenoxy) is 1. The highest BCUT2D eigenvalue weighted by Crippen LogP contribution is 2.33. The van der Waals surface area contributed by atoms with Crippen LogP contribution in [0.1, 0.15) is 12.8 Å². The van der Waals surface area contributed by atoms with Gasteiger partial charge in [0.1, 0.15) is 10.6 Å². The van der Waals surface area contributed by atoms with Gasteiger partial charge in [0.2, 0.25) is 10.0 Å². The molecule has 0 atom stereocenters. The van der Waals surface area contributed by atoms with Crippen molar-refractivity contribution in [3.05, 3.63) is 69.7 Å². The van der Waals surface area contributed by atoms with E-state index in [2.05, 4.69) is 0 Å². The maximum atomic E-state index is 13.0. The molecule has 0 unspecified atom stereocenters. The predicted molar refractivity (Wildman–Crippen MR) is 123 cm³/mol. The lowest BCUT2D eigenvalue weighted by molar-refractivity contribution is -0.140. The molecule has 0 bridgehead atoms. The van der Waals surface area contributed by atoms with E-state index in [-0.39, 0.29) is 34.0 Å². The van der Waals surface area contributed by atoms with Crippen molar-refractivity contribution in [2.24, 2.45) is 5.92 Å². The third kappa shape index (κ3) is 4.54. The van der Waals surface area contributed by atoms with E-state index in [9.17, 15) is 13.2 Å². The second-order valence-electron chi connectivity index (χ2n) is 7.27. The molecule has 3 aromatic rings. The highest BCUT2D eigenvalue weighted by atomic mass is 35.5. The summed E-state index contributed by atoms with van der Waals surface area (Å²) >= 11 is 18.2. The summed E-state index contributed by atoms with van der Waals surface area (Å²) in [6.45, 7) is 0.374. The third-order valence-electron chi connectivity index (χ3n) is 5.34. The Morgan fingerprint density at radius 1 is 0.903 bits per heavy atom. The average Bonchev–Trinajstić information content (AvgIpc) is 2.77. The standard InChI is InChI=1S/C22H18Cl3NO4S/c23-15-5-6-19(25)21(13-15)31(28,29)26-11-9-14(10-12-26)22(27)30-20-8-7-18(24)16-3-1-2-4-17(16)20/h1-8,13-14H,9-12H2. The highest BCUT2D eigenvalue weighted by Gasteiger charge is 2.34. The number of halogens is 3. The lowest BCUT2D eigenvalue weighted by atomic mass is 9.98. The number of carbonyl (C=O) groups excluding carboxylic acids is 1. The van der Waals surface area contributed by atoms with Gasteiger partial charge in [-0.1, -0.05) is 59.1 Å². The van der Waals surface area contributed by atoms with Crippen molar-refractivity contribution in [1.29, 1.82) is 0 Å². The van der Waals surface area contributed by atoms with Crippen molar-refractivity contribution < 1.29 is 17.9 Å². The molecule has 31 heavy (non-hydrogen) atoms. The predicted octanol–water partition coefficient (Wildman–Crippen LogP) is 5.81. The minimum atomic E-state index is -3.81. The summed E-state index contributed by atoms with van der Waals surface area (Å²) in [5.41, 5.74) is 0. The highest BCUT2D eigenvalue weighted by molar-refractivity contribution is 7.89. The van der Waals surface area contributed by atoms with Crippen molar-refractivity contribution in [3.8, 4) is 5.75 Å². The zero-order valence-corrected chi connectivity index (χ0v) is 19.3. The van der Waals surface area contributed by atoms with Gasteiger partial charge in [0.25, 0.3) is 0 Å². The first-order valence-corrected chi connectivity index (χ1v) is 12.2. The van der Waals surface area contributed by atoms with E-state index in [4.69, 9.17) is 39.5 Å². The van der Waals surface area contributed by atoms with Crippen molar-refractivity contribution >= 4 is 61.6 Å². The molecular weight excluding hydrogens is 481 g/mol. The minimum absolute atomic E-state index is 0.0321. The van der Waals surface area contributed by atoms with Crippen LogP contribution in [0.4, 0.5) is 0 Å². The monoisotopic (exact) mass is 497 g/mol. The van der Waals surface area contributed by atoms with Crippen molar-refractivity contribution in [1.82, 2.24) is 4.31 Å². The molecule has 0 radical (unpaired) electrons. The van der Waals surface area contributed by atoms with E-state index in [1.807, 2.05) is 24.3 Å². The van der Waals surface area contributed by atoms with Crippen LogP contribution in [0.25, 0.3) is 10.8 Å². The van der Waals surface area contributed by atoms with Gasteiger partial charge in [0.05, 0.1) is 10.9 Å². The number of fused-ring (bicyclic) bond motifs is 1. The van der Waals surface area contributed by atoms with E-state index in [1.54, 1.807) is 12.1 Å². The van der Waals surface area contributed by atoms with Gasteiger partial charge >= 0.3 is 5.97 Å². The summed E-state index contributed by atoms with van der Waals surface area (Å²) in [5, 5.41) is 2.53. The number of sulfonamides is 1. The lowest BCUT2D eigenvalue weighted by Crippen LogP contribution is -2.41. The van der Waals surface area contributed by atoms with Crippen LogP contribution in [0, 0.1) is 5.92 Å². The third-order valence-corrected chi connectivity index (χ3v) is 8.28. The normalized spacial score (nSPS) is 15.8. The molecule has 0 spiro atoms. The van der Waals surface area contributed by atoms with Crippen LogP contribution >= 0.6 is 34.8 Å². The summed E-state index contributed by atoms with van der Waals surface area (Å²) in [6.07, 6.45) is 0.698. The second-order valence-corrected chi connectivity index (χ2v) is 10.4. The molecule has 1 saturated heterocycles. The summed E-state index contributed by atoms with van der Waals surface area (Å²) < 4.78 is 32.9. The number of carbonyl (C=O) groups is 1. The van der Waals surface area contributed by atoms with Crippen LogP contribution in [-0.4, -0.2) is 31.8 Å². The zero-order valence-electron chi connectivity index (χ0n) is 16.2. The Kier molecular flexibility index (Phi) is 6.47. The van der Waals surface area contributed by atoms with Crippen LogP contribution in [-0.2, 0) is 14.8 Å². The largest absolute Gasteiger partial charge is 0.426 e. The Morgan fingerprint density at radius 3 is 2.26 bits per heavy atom. The van der Waals surface area contributed by atoms with Gasteiger partial charge in [-0.3, -0.25) is 4.79 Å². The molecule has 4 rings (SSSR count). The molecule has 1 fully saturated rings. The molecule has 0 amide bonds. The van der Waals surface area contributed by atoms with Gasteiger partial charge in [0, 0.05) is 33.9 Å². The number of piperidine rings is 1. The fourth-order valence-corrected chi connectivity index (χ4v) is 6.10. The zero-order chi connectivity index (χ0) is 22.2. The Labute approximate surface area is 195 Å².